The van der Waals surface area contributed by atoms with E-state index in [0.29, 0.717) is 34.4 Å². The van der Waals surface area contributed by atoms with E-state index in [1.54, 1.807) is 38.5 Å². The molecule has 8 nitrogen and oxygen atoms in total. The Morgan fingerprint density at radius 1 is 1.00 bits per heavy atom. The Hall–Kier alpha value is -3.81. The molecule has 0 bridgehead atoms. The minimum Gasteiger partial charge on any atom is -0.497 e. The van der Waals surface area contributed by atoms with Crippen molar-refractivity contribution in [3.63, 3.8) is 0 Å². The zero-order chi connectivity index (χ0) is 23.8. The molecule has 0 spiro atoms. The number of hydrogen-bond acceptors (Lipinski definition) is 6. The molecule has 0 saturated carbocycles. The molecule has 0 atom stereocenters. The van der Waals surface area contributed by atoms with Crippen LogP contribution in [0.3, 0.4) is 0 Å². The van der Waals surface area contributed by atoms with E-state index in [0.717, 1.165) is 0 Å². The molecule has 0 radical (unpaired) electrons. The van der Waals surface area contributed by atoms with Crippen molar-refractivity contribution in [3.05, 3.63) is 70.5 Å². The molecule has 0 aliphatic carbocycles. The Balaban J connectivity index is 1.58. The van der Waals surface area contributed by atoms with Gasteiger partial charge < -0.3 is 19.5 Å². The molecule has 3 rings (SSSR count). The molecule has 33 heavy (non-hydrogen) atoms. The van der Waals surface area contributed by atoms with E-state index in [1.165, 1.54) is 16.3 Å². The third kappa shape index (κ3) is 6.35. The molecule has 3 aromatic rings. The third-order valence-corrected chi connectivity index (χ3v) is 5.11. The van der Waals surface area contributed by atoms with Crippen LogP contribution in [0.15, 0.2) is 59.4 Å². The normalized spacial score (nSPS) is 10.7. The van der Waals surface area contributed by atoms with Crippen LogP contribution >= 0.6 is 0 Å². The van der Waals surface area contributed by atoms with Crippen molar-refractivity contribution >= 4 is 5.91 Å². The van der Waals surface area contributed by atoms with Crippen LogP contribution in [0.4, 0.5) is 0 Å². The standard InChI is InChI=1S/C25H29N3O5/c1-17(2)18-5-7-19(8-6-18)33-16-24(29)26-13-14-28-25(30)12-10-22(27-28)21-15-20(31-3)9-11-23(21)32-4/h5-12,15,17H,13-14,16H2,1-4H3,(H,26,29). The number of nitrogens with one attached hydrogen (secondary N) is 1. The van der Waals surface area contributed by atoms with Crippen LogP contribution in [0.5, 0.6) is 17.2 Å². The maximum Gasteiger partial charge on any atom is 0.266 e. The van der Waals surface area contributed by atoms with Crippen LogP contribution in [-0.4, -0.2) is 43.1 Å². The Bertz CT molecular complexity index is 1140. The average molecular weight is 452 g/mol. The molecule has 1 amide bonds. The van der Waals surface area contributed by atoms with E-state index in [9.17, 15) is 9.59 Å². The maximum atomic E-state index is 12.2. The summed E-state index contributed by atoms with van der Waals surface area (Å²) in [7, 11) is 3.14. The van der Waals surface area contributed by atoms with Gasteiger partial charge in [-0.15, -0.1) is 0 Å². The minimum absolute atomic E-state index is 0.107. The van der Waals surface area contributed by atoms with Gasteiger partial charge in [-0.1, -0.05) is 26.0 Å². The zero-order valence-electron chi connectivity index (χ0n) is 19.3. The van der Waals surface area contributed by atoms with Gasteiger partial charge in [-0.3, -0.25) is 9.59 Å². The lowest BCUT2D eigenvalue weighted by Gasteiger charge is -2.12. The number of nitrogens with zero attached hydrogens (tertiary/aromatic N) is 2. The number of hydrogen-bond donors (Lipinski definition) is 1. The molecule has 0 aliphatic heterocycles. The summed E-state index contributed by atoms with van der Waals surface area (Å²) in [6, 6.07) is 16.1. The Labute approximate surface area is 193 Å². The summed E-state index contributed by atoms with van der Waals surface area (Å²) in [6.07, 6.45) is 0. The van der Waals surface area contributed by atoms with Gasteiger partial charge in [-0.2, -0.15) is 5.10 Å². The van der Waals surface area contributed by atoms with E-state index < -0.39 is 0 Å². The van der Waals surface area contributed by atoms with E-state index in [-0.39, 0.29) is 31.2 Å². The van der Waals surface area contributed by atoms with Crippen LogP contribution in [0.1, 0.15) is 25.3 Å². The second-order valence-corrected chi connectivity index (χ2v) is 7.71. The minimum atomic E-state index is -0.276. The molecule has 0 saturated heterocycles. The molecule has 0 aliphatic rings. The van der Waals surface area contributed by atoms with Crippen molar-refractivity contribution in [2.45, 2.75) is 26.3 Å². The smallest absolute Gasteiger partial charge is 0.266 e. The first-order valence-electron chi connectivity index (χ1n) is 10.7. The number of aromatic nitrogens is 2. The van der Waals surface area contributed by atoms with Crippen LogP contribution < -0.4 is 25.1 Å². The molecular formula is C25H29N3O5. The molecule has 1 heterocycles. The molecule has 8 heteroatoms. The van der Waals surface area contributed by atoms with Gasteiger partial charge in [-0.25, -0.2) is 4.68 Å². The van der Waals surface area contributed by atoms with Gasteiger partial charge in [0.2, 0.25) is 0 Å². The van der Waals surface area contributed by atoms with Gasteiger partial charge in [0.15, 0.2) is 6.61 Å². The number of amides is 1. The van der Waals surface area contributed by atoms with E-state index >= 15 is 0 Å². The largest absolute Gasteiger partial charge is 0.497 e. The highest BCUT2D eigenvalue weighted by Crippen LogP contribution is 2.31. The number of rotatable bonds is 10. The number of carbonyl (C=O) groups is 1. The molecule has 1 N–H and O–H groups in total. The molecule has 174 valence electrons. The zero-order valence-corrected chi connectivity index (χ0v) is 19.3. The van der Waals surface area contributed by atoms with Crippen LogP contribution in [0.25, 0.3) is 11.3 Å². The fourth-order valence-electron chi connectivity index (χ4n) is 3.22. The highest BCUT2D eigenvalue weighted by atomic mass is 16.5. The summed E-state index contributed by atoms with van der Waals surface area (Å²) in [5.41, 5.74) is 2.20. The van der Waals surface area contributed by atoms with Gasteiger partial charge in [0, 0.05) is 18.2 Å². The summed E-state index contributed by atoms with van der Waals surface area (Å²) in [4.78, 5) is 24.4. The van der Waals surface area contributed by atoms with Crippen LogP contribution in [0.2, 0.25) is 0 Å². The first-order valence-corrected chi connectivity index (χ1v) is 10.7. The summed E-state index contributed by atoms with van der Waals surface area (Å²) < 4.78 is 17.5. The topological polar surface area (TPSA) is 91.7 Å². The second kappa shape index (κ2) is 11.2. The molecule has 0 fully saturated rings. The lowest BCUT2D eigenvalue weighted by atomic mass is 10.0. The monoisotopic (exact) mass is 451 g/mol. The van der Waals surface area contributed by atoms with Gasteiger partial charge >= 0.3 is 0 Å². The van der Waals surface area contributed by atoms with Gasteiger partial charge in [0.25, 0.3) is 11.5 Å². The quantitative estimate of drug-likeness (QED) is 0.509. The van der Waals surface area contributed by atoms with E-state index in [1.807, 2.05) is 24.3 Å². The van der Waals surface area contributed by atoms with Crippen LogP contribution in [-0.2, 0) is 11.3 Å². The van der Waals surface area contributed by atoms with Gasteiger partial charge in [0.1, 0.15) is 17.2 Å². The van der Waals surface area contributed by atoms with Crippen molar-refractivity contribution in [1.29, 1.82) is 0 Å². The predicted molar refractivity (Wildman–Crippen MR) is 126 cm³/mol. The fourth-order valence-corrected chi connectivity index (χ4v) is 3.22. The summed E-state index contributed by atoms with van der Waals surface area (Å²) >= 11 is 0. The van der Waals surface area contributed by atoms with E-state index in [2.05, 4.69) is 24.3 Å². The first-order chi connectivity index (χ1) is 15.9. The predicted octanol–water partition coefficient (Wildman–Crippen LogP) is 3.25. The highest BCUT2D eigenvalue weighted by molar-refractivity contribution is 5.77. The van der Waals surface area contributed by atoms with Crippen LogP contribution in [0, 0.1) is 0 Å². The van der Waals surface area contributed by atoms with Crippen molar-refractivity contribution < 1.29 is 19.0 Å². The number of methoxy groups -OCH3 is 2. The SMILES string of the molecule is COc1ccc(OC)c(-c2ccc(=O)n(CCNC(=O)COc3ccc(C(C)C)cc3)n2)c1. The lowest BCUT2D eigenvalue weighted by Crippen LogP contribution is -2.34. The molecular weight excluding hydrogens is 422 g/mol. The maximum absolute atomic E-state index is 12.2. The van der Waals surface area contributed by atoms with Crippen molar-refractivity contribution in [3.8, 4) is 28.5 Å². The lowest BCUT2D eigenvalue weighted by molar-refractivity contribution is -0.123. The molecule has 2 aromatic carbocycles. The Morgan fingerprint density at radius 2 is 1.73 bits per heavy atom. The van der Waals surface area contributed by atoms with E-state index in [4.69, 9.17) is 14.2 Å². The first kappa shape index (κ1) is 23.8. The number of ether oxygens (including phenoxy) is 3. The van der Waals surface area contributed by atoms with Gasteiger partial charge in [-0.05, 0) is 47.9 Å². The second-order valence-electron chi connectivity index (χ2n) is 7.71. The summed E-state index contributed by atoms with van der Waals surface area (Å²) in [6.45, 7) is 4.58. The molecule has 0 unspecified atom stereocenters. The van der Waals surface area contributed by atoms with Gasteiger partial charge in [0.05, 0.1) is 26.5 Å². The average Bonchev–Trinajstić information content (AvgIpc) is 2.83. The Morgan fingerprint density at radius 3 is 2.39 bits per heavy atom. The fraction of sp³-hybridized carbons (Fsp3) is 0.320. The number of carbonyl (C=O) groups excluding carboxylic acids is 1. The molecule has 1 aromatic heterocycles. The highest BCUT2D eigenvalue weighted by Gasteiger charge is 2.11. The number of benzene rings is 2. The van der Waals surface area contributed by atoms with Crippen molar-refractivity contribution in [2.24, 2.45) is 0 Å². The van der Waals surface area contributed by atoms with Crippen molar-refractivity contribution in [2.75, 3.05) is 27.4 Å². The Kier molecular flexibility index (Phi) is 8.07. The van der Waals surface area contributed by atoms with Crippen molar-refractivity contribution in [1.82, 2.24) is 15.1 Å². The summed E-state index contributed by atoms with van der Waals surface area (Å²) in [5.74, 6) is 2.05. The summed E-state index contributed by atoms with van der Waals surface area (Å²) in [5, 5.41) is 7.18. The third-order valence-electron chi connectivity index (χ3n) is 5.11.